The summed E-state index contributed by atoms with van der Waals surface area (Å²) in [5.74, 6) is 0.461. The van der Waals surface area contributed by atoms with Gasteiger partial charge in [-0.1, -0.05) is 0 Å². The van der Waals surface area contributed by atoms with Gasteiger partial charge in [-0.15, -0.1) is 0 Å². The number of hydrogen-bond acceptors (Lipinski definition) is 3. The quantitative estimate of drug-likeness (QED) is 0.859. The van der Waals surface area contributed by atoms with Gasteiger partial charge < -0.3 is 10.4 Å². The number of nitrogens with one attached hydrogen (secondary N) is 1. The molecule has 0 radical (unpaired) electrons. The van der Waals surface area contributed by atoms with E-state index in [1.54, 1.807) is 6.07 Å². The third kappa shape index (κ3) is 4.48. The van der Waals surface area contributed by atoms with Crippen molar-refractivity contribution in [3.63, 3.8) is 0 Å². The molecule has 1 saturated heterocycles. The van der Waals surface area contributed by atoms with Gasteiger partial charge in [-0.2, -0.15) is 0 Å². The zero-order chi connectivity index (χ0) is 13.7. The van der Waals surface area contributed by atoms with Gasteiger partial charge in [-0.3, -0.25) is 4.90 Å². The first-order chi connectivity index (χ1) is 9.17. The summed E-state index contributed by atoms with van der Waals surface area (Å²) in [4.78, 5) is 2.34. The highest BCUT2D eigenvalue weighted by molar-refractivity contribution is 5.28. The van der Waals surface area contributed by atoms with E-state index < -0.39 is 0 Å². The van der Waals surface area contributed by atoms with Crippen LogP contribution in [0.2, 0.25) is 0 Å². The molecule has 1 aromatic carbocycles. The van der Waals surface area contributed by atoms with Crippen LogP contribution in [0.5, 0.6) is 5.75 Å². The molecule has 1 fully saturated rings. The summed E-state index contributed by atoms with van der Waals surface area (Å²) in [5, 5.41) is 12.6. The van der Waals surface area contributed by atoms with Gasteiger partial charge in [0.05, 0.1) is 0 Å². The lowest BCUT2D eigenvalue weighted by atomic mass is 9.93. The molecular weight excluding hydrogens is 243 g/mol. The number of phenolic OH excluding ortho intramolecular Hbond substituents is 1. The van der Waals surface area contributed by atoms with E-state index in [0.29, 0.717) is 0 Å². The molecule has 0 bridgehead atoms. The highest BCUT2D eigenvalue weighted by Crippen LogP contribution is 2.22. The lowest BCUT2D eigenvalue weighted by molar-refractivity contribution is 0.172. The second kappa shape index (κ2) is 6.87. The number of halogens is 1. The molecule has 3 nitrogen and oxygen atoms in total. The zero-order valence-electron chi connectivity index (χ0n) is 11.5. The highest BCUT2D eigenvalue weighted by atomic mass is 19.1. The molecule has 1 heterocycles. The third-order valence-corrected chi connectivity index (χ3v) is 3.86. The van der Waals surface area contributed by atoms with Crippen LogP contribution in [0.3, 0.4) is 0 Å². The fourth-order valence-corrected chi connectivity index (χ4v) is 2.76. The number of nitrogens with zero attached hydrogens (tertiary/aromatic N) is 1. The molecule has 19 heavy (non-hydrogen) atoms. The average Bonchev–Trinajstić information content (AvgIpc) is 2.37. The van der Waals surface area contributed by atoms with E-state index in [2.05, 4.69) is 10.2 Å². The van der Waals surface area contributed by atoms with Crippen molar-refractivity contribution in [2.45, 2.75) is 25.8 Å². The van der Waals surface area contributed by atoms with Crippen LogP contribution in [0.25, 0.3) is 0 Å². The maximum Gasteiger partial charge on any atom is 0.127 e. The van der Waals surface area contributed by atoms with Crippen molar-refractivity contribution >= 4 is 0 Å². The Labute approximate surface area is 114 Å². The second-order valence-electron chi connectivity index (χ2n) is 5.43. The van der Waals surface area contributed by atoms with Gasteiger partial charge in [-0.05, 0) is 69.6 Å². The molecule has 106 valence electrons. The summed E-state index contributed by atoms with van der Waals surface area (Å²) < 4.78 is 13.2. The number of phenols is 1. The molecule has 1 aromatic rings. The summed E-state index contributed by atoms with van der Waals surface area (Å²) in [5.41, 5.74) is 0.853. The van der Waals surface area contributed by atoms with Gasteiger partial charge in [0.25, 0.3) is 0 Å². The van der Waals surface area contributed by atoms with E-state index >= 15 is 0 Å². The van der Waals surface area contributed by atoms with Gasteiger partial charge >= 0.3 is 0 Å². The molecule has 1 aliphatic rings. The molecule has 0 unspecified atom stereocenters. The Morgan fingerprint density at radius 1 is 1.32 bits per heavy atom. The van der Waals surface area contributed by atoms with Crippen LogP contribution in [0.4, 0.5) is 4.39 Å². The summed E-state index contributed by atoms with van der Waals surface area (Å²) >= 11 is 0. The summed E-state index contributed by atoms with van der Waals surface area (Å²) in [6.45, 7) is 3.93. The lowest BCUT2D eigenvalue weighted by Crippen LogP contribution is -2.34. The average molecular weight is 266 g/mol. The topological polar surface area (TPSA) is 35.5 Å². The minimum Gasteiger partial charge on any atom is -0.508 e. The van der Waals surface area contributed by atoms with Crippen LogP contribution in [-0.4, -0.2) is 36.7 Å². The Balaban J connectivity index is 1.82. The highest BCUT2D eigenvalue weighted by Gasteiger charge is 2.18. The van der Waals surface area contributed by atoms with Crippen molar-refractivity contribution in [1.82, 2.24) is 10.2 Å². The van der Waals surface area contributed by atoms with Crippen molar-refractivity contribution in [2.24, 2.45) is 5.92 Å². The number of likely N-dealkylation sites (tertiary alicyclic amines) is 1. The van der Waals surface area contributed by atoms with Crippen molar-refractivity contribution in [3.8, 4) is 5.75 Å². The van der Waals surface area contributed by atoms with Crippen molar-refractivity contribution in [1.29, 1.82) is 0 Å². The van der Waals surface area contributed by atoms with Gasteiger partial charge in [0.15, 0.2) is 0 Å². The Hall–Kier alpha value is -1.13. The van der Waals surface area contributed by atoms with E-state index in [9.17, 15) is 9.50 Å². The van der Waals surface area contributed by atoms with E-state index in [4.69, 9.17) is 0 Å². The molecule has 0 aliphatic carbocycles. The normalized spacial score (nSPS) is 17.8. The third-order valence-electron chi connectivity index (χ3n) is 3.86. The van der Waals surface area contributed by atoms with Crippen LogP contribution in [0.1, 0.15) is 24.8 Å². The lowest BCUT2D eigenvalue weighted by Gasteiger charge is -2.32. The van der Waals surface area contributed by atoms with Crippen LogP contribution in [0, 0.1) is 11.7 Å². The number of aromatic hydroxyl groups is 1. The number of hydrogen-bond donors (Lipinski definition) is 2. The summed E-state index contributed by atoms with van der Waals surface area (Å²) in [6.07, 6.45) is 3.66. The first kappa shape index (κ1) is 14.3. The standard InChI is InChI=1S/C15H23FN2O/c1-17-5-2-12-3-6-18(7-4-12)11-13-8-14(16)10-15(19)9-13/h8-10,12,17,19H,2-7,11H2,1H3. The first-order valence-electron chi connectivity index (χ1n) is 7.03. The molecular formula is C15H23FN2O. The Morgan fingerprint density at radius 3 is 2.68 bits per heavy atom. The molecule has 2 rings (SSSR count). The minimum atomic E-state index is -0.362. The van der Waals surface area contributed by atoms with Gasteiger partial charge in [0.2, 0.25) is 0 Å². The number of piperidine rings is 1. The van der Waals surface area contributed by atoms with Crippen LogP contribution >= 0.6 is 0 Å². The van der Waals surface area contributed by atoms with Gasteiger partial charge in [0.1, 0.15) is 11.6 Å². The second-order valence-corrected chi connectivity index (χ2v) is 5.43. The number of benzene rings is 1. The molecule has 0 amide bonds. The molecule has 0 atom stereocenters. The predicted molar refractivity (Wildman–Crippen MR) is 74.6 cm³/mol. The molecule has 0 saturated carbocycles. The number of rotatable bonds is 5. The summed E-state index contributed by atoms with van der Waals surface area (Å²) in [7, 11) is 1.99. The van der Waals surface area contributed by atoms with E-state index in [1.165, 1.54) is 25.3 Å². The summed E-state index contributed by atoms with van der Waals surface area (Å²) in [6, 6.07) is 4.30. The van der Waals surface area contributed by atoms with Crippen molar-refractivity contribution < 1.29 is 9.50 Å². The maximum atomic E-state index is 13.2. The maximum absolute atomic E-state index is 13.2. The SMILES string of the molecule is CNCCC1CCN(Cc2cc(O)cc(F)c2)CC1. The molecule has 4 heteroatoms. The van der Waals surface area contributed by atoms with E-state index in [1.807, 2.05) is 7.05 Å². The smallest absolute Gasteiger partial charge is 0.127 e. The van der Waals surface area contributed by atoms with E-state index in [0.717, 1.165) is 43.7 Å². The zero-order valence-corrected chi connectivity index (χ0v) is 11.5. The monoisotopic (exact) mass is 266 g/mol. The van der Waals surface area contributed by atoms with Crippen molar-refractivity contribution in [2.75, 3.05) is 26.7 Å². The first-order valence-corrected chi connectivity index (χ1v) is 7.03. The Morgan fingerprint density at radius 2 is 2.05 bits per heavy atom. The Bertz CT molecular complexity index is 383. The van der Waals surface area contributed by atoms with E-state index in [-0.39, 0.29) is 11.6 Å². The van der Waals surface area contributed by atoms with Crippen molar-refractivity contribution in [3.05, 3.63) is 29.6 Å². The fourth-order valence-electron chi connectivity index (χ4n) is 2.76. The van der Waals surface area contributed by atoms with Crippen LogP contribution in [-0.2, 0) is 6.54 Å². The fraction of sp³-hybridized carbons (Fsp3) is 0.600. The van der Waals surface area contributed by atoms with Gasteiger partial charge in [-0.25, -0.2) is 4.39 Å². The molecule has 0 spiro atoms. The van der Waals surface area contributed by atoms with Crippen LogP contribution < -0.4 is 5.32 Å². The predicted octanol–water partition coefficient (Wildman–Crippen LogP) is 2.35. The minimum absolute atomic E-state index is 0.0129. The van der Waals surface area contributed by atoms with Gasteiger partial charge in [0, 0.05) is 12.6 Å². The molecule has 0 aromatic heterocycles. The largest absolute Gasteiger partial charge is 0.508 e. The molecule has 2 N–H and O–H groups in total. The molecule has 1 aliphatic heterocycles. The Kier molecular flexibility index (Phi) is 5.16. The van der Waals surface area contributed by atoms with Crippen LogP contribution in [0.15, 0.2) is 18.2 Å².